The summed E-state index contributed by atoms with van der Waals surface area (Å²) in [6.45, 7) is 4.49. The van der Waals surface area contributed by atoms with Crippen molar-refractivity contribution in [2.24, 2.45) is 0 Å². The Morgan fingerprint density at radius 2 is 2.00 bits per heavy atom. The highest BCUT2D eigenvalue weighted by molar-refractivity contribution is 5.99. The molecular formula is C18H22N2O2. The second-order valence-corrected chi connectivity index (χ2v) is 5.26. The van der Waals surface area contributed by atoms with Gasteiger partial charge in [0.2, 0.25) is 0 Å². The molecule has 0 radical (unpaired) electrons. The summed E-state index contributed by atoms with van der Waals surface area (Å²) in [6, 6.07) is 14.9. The number of aryl methyl sites for hydroxylation is 1. The monoisotopic (exact) mass is 298 g/mol. The molecule has 1 unspecified atom stereocenters. The SMILES string of the molecule is CCC(CNC(=O)c1ccccc1N)Oc1cccc(C)c1. The van der Waals surface area contributed by atoms with Crippen molar-refractivity contribution in [2.75, 3.05) is 12.3 Å². The van der Waals surface area contributed by atoms with Crippen LogP contribution in [0.1, 0.15) is 29.3 Å². The van der Waals surface area contributed by atoms with Crippen LogP contribution < -0.4 is 15.8 Å². The number of hydrogen-bond donors (Lipinski definition) is 2. The van der Waals surface area contributed by atoms with E-state index in [4.69, 9.17) is 10.5 Å². The summed E-state index contributed by atoms with van der Waals surface area (Å²) < 4.78 is 5.92. The van der Waals surface area contributed by atoms with E-state index in [1.54, 1.807) is 18.2 Å². The minimum Gasteiger partial charge on any atom is -0.489 e. The third kappa shape index (κ3) is 4.25. The van der Waals surface area contributed by atoms with E-state index in [0.29, 0.717) is 17.8 Å². The first-order valence-corrected chi connectivity index (χ1v) is 7.46. The van der Waals surface area contributed by atoms with Gasteiger partial charge < -0.3 is 15.8 Å². The molecule has 116 valence electrons. The fraction of sp³-hybridized carbons (Fsp3) is 0.278. The zero-order valence-corrected chi connectivity index (χ0v) is 13.0. The van der Waals surface area contributed by atoms with Crippen molar-refractivity contribution in [3.8, 4) is 5.75 Å². The number of ether oxygens (including phenoxy) is 1. The van der Waals surface area contributed by atoms with E-state index in [2.05, 4.69) is 5.32 Å². The van der Waals surface area contributed by atoms with Crippen molar-refractivity contribution in [1.29, 1.82) is 0 Å². The number of nitrogen functional groups attached to an aromatic ring is 1. The quantitative estimate of drug-likeness (QED) is 0.805. The predicted octanol–water partition coefficient (Wildman–Crippen LogP) is 3.16. The first-order chi connectivity index (χ1) is 10.6. The lowest BCUT2D eigenvalue weighted by Gasteiger charge is -2.18. The topological polar surface area (TPSA) is 64.4 Å². The molecule has 0 spiro atoms. The summed E-state index contributed by atoms with van der Waals surface area (Å²) in [7, 11) is 0. The highest BCUT2D eigenvalue weighted by atomic mass is 16.5. The normalized spacial score (nSPS) is 11.7. The van der Waals surface area contributed by atoms with Crippen LogP contribution in [-0.4, -0.2) is 18.6 Å². The molecule has 0 bridgehead atoms. The van der Waals surface area contributed by atoms with E-state index < -0.39 is 0 Å². The zero-order chi connectivity index (χ0) is 15.9. The first kappa shape index (κ1) is 15.9. The van der Waals surface area contributed by atoms with Gasteiger partial charge in [-0.15, -0.1) is 0 Å². The number of hydrogen-bond acceptors (Lipinski definition) is 3. The van der Waals surface area contributed by atoms with Gasteiger partial charge in [0.1, 0.15) is 11.9 Å². The van der Waals surface area contributed by atoms with Gasteiger partial charge in [0.05, 0.1) is 12.1 Å². The van der Waals surface area contributed by atoms with Crippen molar-refractivity contribution >= 4 is 11.6 Å². The number of amides is 1. The Morgan fingerprint density at radius 1 is 1.23 bits per heavy atom. The lowest BCUT2D eigenvalue weighted by atomic mass is 10.1. The largest absolute Gasteiger partial charge is 0.489 e. The van der Waals surface area contributed by atoms with Crippen molar-refractivity contribution < 1.29 is 9.53 Å². The average molecular weight is 298 g/mol. The van der Waals surface area contributed by atoms with Gasteiger partial charge in [-0.3, -0.25) is 4.79 Å². The summed E-state index contributed by atoms with van der Waals surface area (Å²) in [5.41, 5.74) is 7.93. The van der Waals surface area contributed by atoms with Gasteiger partial charge in [0.25, 0.3) is 5.91 Å². The molecule has 0 heterocycles. The van der Waals surface area contributed by atoms with Gasteiger partial charge in [-0.1, -0.05) is 31.2 Å². The van der Waals surface area contributed by atoms with Crippen LogP contribution in [0, 0.1) is 6.92 Å². The van der Waals surface area contributed by atoms with Crippen LogP contribution in [0.5, 0.6) is 5.75 Å². The molecule has 0 saturated carbocycles. The molecule has 0 aliphatic rings. The Balaban J connectivity index is 1.94. The van der Waals surface area contributed by atoms with Gasteiger partial charge in [-0.25, -0.2) is 0 Å². The molecule has 0 aromatic heterocycles. The van der Waals surface area contributed by atoms with Gasteiger partial charge >= 0.3 is 0 Å². The van der Waals surface area contributed by atoms with Crippen molar-refractivity contribution in [2.45, 2.75) is 26.4 Å². The maximum absolute atomic E-state index is 12.1. The highest BCUT2D eigenvalue weighted by Crippen LogP contribution is 2.15. The van der Waals surface area contributed by atoms with Crippen molar-refractivity contribution in [3.05, 3.63) is 59.7 Å². The van der Waals surface area contributed by atoms with E-state index >= 15 is 0 Å². The first-order valence-electron chi connectivity index (χ1n) is 7.46. The summed E-state index contributed by atoms with van der Waals surface area (Å²) >= 11 is 0. The van der Waals surface area contributed by atoms with Crippen LogP contribution in [0.3, 0.4) is 0 Å². The van der Waals surface area contributed by atoms with E-state index in [9.17, 15) is 4.79 Å². The Morgan fingerprint density at radius 3 is 2.68 bits per heavy atom. The second-order valence-electron chi connectivity index (χ2n) is 5.26. The molecule has 4 nitrogen and oxygen atoms in total. The number of rotatable bonds is 6. The Kier molecular flexibility index (Phi) is 5.42. The Bertz CT molecular complexity index is 640. The van der Waals surface area contributed by atoms with Crippen LogP contribution in [0.4, 0.5) is 5.69 Å². The van der Waals surface area contributed by atoms with Gasteiger partial charge in [-0.05, 0) is 43.2 Å². The number of nitrogens with one attached hydrogen (secondary N) is 1. The third-order valence-corrected chi connectivity index (χ3v) is 3.44. The molecule has 2 aromatic rings. The average Bonchev–Trinajstić information content (AvgIpc) is 2.51. The molecule has 22 heavy (non-hydrogen) atoms. The van der Waals surface area contributed by atoms with Crippen LogP contribution >= 0.6 is 0 Å². The maximum Gasteiger partial charge on any atom is 0.253 e. The fourth-order valence-electron chi connectivity index (χ4n) is 2.16. The molecule has 0 aliphatic heterocycles. The molecule has 1 atom stereocenters. The lowest BCUT2D eigenvalue weighted by molar-refractivity contribution is 0.0927. The summed E-state index contributed by atoms with van der Waals surface area (Å²) in [6.07, 6.45) is 0.731. The predicted molar refractivity (Wildman–Crippen MR) is 89.1 cm³/mol. The van der Waals surface area contributed by atoms with E-state index in [-0.39, 0.29) is 12.0 Å². The Labute approximate surface area is 131 Å². The van der Waals surface area contributed by atoms with Crippen molar-refractivity contribution in [1.82, 2.24) is 5.32 Å². The summed E-state index contributed by atoms with van der Waals surface area (Å²) in [4.78, 5) is 12.1. The fourth-order valence-corrected chi connectivity index (χ4v) is 2.16. The zero-order valence-electron chi connectivity index (χ0n) is 13.0. The van der Waals surface area contributed by atoms with E-state index in [0.717, 1.165) is 17.7 Å². The van der Waals surface area contributed by atoms with Gasteiger partial charge in [0.15, 0.2) is 0 Å². The third-order valence-electron chi connectivity index (χ3n) is 3.44. The van der Waals surface area contributed by atoms with Crippen LogP contribution in [0.25, 0.3) is 0 Å². The molecule has 0 aliphatic carbocycles. The smallest absolute Gasteiger partial charge is 0.253 e. The minimum absolute atomic E-state index is 0.0734. The number of anilines is 1. The second kappa shape index (κ2) is 7.50. The summed E-state index contributed by atoms with van der Waals surface area (Å²) in [5.74, 6) is 0.643. The highest BCUT2D eigenvalue weighted by Gasteiger charge is 2.13. The van der Waals surface area contributed by atoms with Crippen LogP contribution in [0.15, 0.2) is 48.5 Å². The molecule has 1 amide bonds. The number of carbonyl (C=O) groups excluding carboxylic acids is 1. The number of para-hydroxylation sites is 1. The molecule has 2 aromatic carbocycles. The molecule has 4 heteroatoms. The Hall–Kier alpha value is -2.49. The molecule has 0 saturated heterocycles. The number of carbonyl (C=O) groups is 1. The minimum atomic E-state index is -0.176. The maximum atomic E-state index is 12.1. The number of benzene rings is 2. The standard InChI is InChI=1S/C18H22N2O2/c1-3-14(22-15-8-6-7-13(2)11-15)12-20-18(21)16-9-4-5-10-17(16)19/h4-11,14H,3,12,19H2,1-2H3,(H,20,21). The molecular weight excluding hydrogens is 276 g/mol. The molecule has 2 rings (SSSR count). The molecule has 3 N–H and O–H groups in total. The lowest BCUT2D eigenvalue weighted by Crippen LogP contribution is -2.35. The molecule has 0 fully saturated rings. The van der Waals surface area contributed by atoms with E-state index in [1.807, 2.05) is 44.2 Å². The number of nitrogens with two attached hydrogens (primary N) is 1. The van der Waals surface area contributed by atoms with Crippen LogP contribution in [0.2, 0.25) is 0 Å². The van der Waals surface area contributed by atoms with Crippen LogP contribution in [-0.2, 0) is 0 Å². The van der Waals surface area contributed by atoms with Gasteiger partial charge in [0, 0.05) is 5.69 Å². The van der Waals surface area contributed by atoms with Gasteiger partial charge in [-0.2, -0.15) is 0 Å². The van der Waals surface area contributed by atoms with Crippen molar-refractivity contribution in [3.63, 3.8) is 0 Å². The van der Waals surface area contributed by atoms with E-state index in [1.165, 1.54) is 0 Å². The summed E-state index contributed by atoms with van der Waals surface area (Å²) in [5, 5.41) is 2.88.